The lowest BCUT2D eigenvalue weighted by molar-refractivity contribution is 0.472. The van der Waals surface area contributed by atoms with Gasteiger partial charge in [-0.1, -0.05) is 29.3 Å². The van der Waals surface area contributed by atoms with Crippen LogP contribution in [0.1, 0.15) is 18.4 Å². The van der Waals surface area contributed by atoms with Crippen molar-refractivity contribution in [1.29, 1.82) is 0 Å². The molecule has 104 valence electrons. The minimum absolute atomic E-state index is 0.634. The smallest absolute Gasteiger partial charge is 0.133 e. The molecule has 3 rings (SSSR count). The summed E-state index contributed by atoms with van der Waals surface area (Å²) in [5.74, 6) is 1.54. The van der Waals surface area contributed by atoms with E-state index in [2.05, 4.69) is 5.32 Å². The number of hydrogen-bond donors (Lipinski definition) is 1. The fourth-order valence-electron chi connectivity index (χ4n) is 1.97. The predicted octanol–water partition coefficient (Wildman–Crippen LogP) is 5.04. The van der Waals surface area contributed by atoms with Gasteiger partial charge < -0.3 is 10.1 Å². The average Bonchev–Trinajstić information content (AvgIpc) is 3.25. The lowest BCUT2D eigenvalue weighted by atomic mass is 10.2. The largest absolute Gasteiger partial charge is 0.457 e. The molecule has 0 atom stereocenters. The SMILES string of the molecule is Clc1ccc(Oc2cccc(Cl)c2CNC2CC2)cc1. The number of hydrogen-bond acceptors (Lipinski definition) is 2. The van der Waals surface area contributed by atoms with Crippen LogP contribution in [0.5, 0.6) is 11.5 Å². The third-order valence-corrected chi connectivity index (χ3v) is 3.87. The average molecular weight is 308 g/mol. The molecule has 0 saturated heterocycles. The molecule has 0 amide bonds. The zero-order valence-corrected chi connectivity index (χ0v) is 12.4. The number of nitrogens with one attached hydrogen (secondary N) is 1. The van der Waals surface area contributed by atoms with Gasteiger partial charge in [-0.2, -0.15) is 0 Å². The van der Waals surface area contributed by atoms with Gasteiger partial charge >= 0.3 is 0 Å². The molecule has 2 aromatic rings. The first kappa shape index (κ1) is 13.7. The fourth-order valence-corrected chi connectivity index (χ4v) is 2.33. The van der Waals surface area contributed by atoms with Gasteiger partial charge in [0.15, 0.2) is 0 Å². The Hall–Kier alpha value is -1.22. The van der Waals surface area contributed by atoms with Crippen LogP contribution >= 0.6 is 23.2 Å². The summed E-state index contributed by atoms with van der Waals surface area (Å²) in [5.41, 5.74) is 0.996. The highest BCUT2D eigenvalue weighted by Crippen LogP contribution is 2.31. The van der Waals surface area contributed by atoms with Crippen molar-refractivity contribution in [2.45, 2.75) is 25.4 Å². The van der Waals surface area contributed by atoms with Crippen molar-refractivity contribution in [3.63, 3.8) is 0 Å². The van der Waals surface area contributed by atoms with Gasteiger partial charge in [0.1, 0.15) is 11.5 Å². The van der Waals surface area contributed by atoms with Gasteiger partial charge in [-0.3, -0.25) is 0 Å². The summed E-state index contributed by atoms with van der Waals surface area (Å²) in [5, 5.41) is 4.88. The van der Waals surface area contributed by atoms with Crippen LogP contribution in [0.3, 0.4) is 0 Å². The summed E-state index contributed by atoms with van der Waals surface area (Å²) in [4.78, 5) is 0. The zero-order chi connectivity index (χ0) is 13.9. The fraction of sp³-hybridized carbons (Fsp3) is 0.250. The van der Waals surface area contributed by atoms with Crippen molar-refractivity contribution in [1.82, 2.24) is 5.32 Å². The van der Waals surface area contributed by atoms with Crippen LogP contribution in [0.25, 0.3) is 0 Å². The Morgan fingerprint density at radius 2 is 1.80 bits per heavy atom. The molecular weight excluding hydrogens is 293 g/mol. The molecule has 1 N–H and O–H groups in total. The van der Waals surface area contributed by atoms with E-state index in [0.29, 0.717) is 11.1 Å². The first-order chi connectivity index (χ1) is 9.72. The van der Waals surface area contributed by atoms with Crippen molar-refractivity contribution in [3.8, 4) is 11.5 Å². The Morgan fingerprint density at radius 1 is 1.05 bits per heavy atom. The van der Waals surface area contributed by atoms with Crippen LogP contribution in [0.4, 0.5) is 0 Å². The molecule has 0 bridgehead atoms. The molecule has 20 heavy (non-hydrogen) atoms. The molecule has 1 aliphatic rings. The van der Waals surface area contributed by atoms with E-state index >= 15 is 0 Å². The molecule has 0 unspecified atom stereocenters. The van der Waals surface area contributed by atoms with Gasteiger partial charge in [0.25, 0.3) is 0 Å². The van der Waals surface area contributed by atoms with Gasteiger partial charge in [-0.15, -0.1) is 0 Å². The van der Waals surface area contributed by atoms with Crippen LogP contribution < -0.4 is 10.1 Å². The molecule has 4 heteroatoms. The first-order valence-corrected chi connectivity index (χ1v) is 7.42. The Morgan fingerprint density at radius 3 is 2.50 bits per heavy atom. The Balaban J connectivity index is 1.80. The molecule has 1 fully saturated rings. The second kappa shape index (κ2) is 6.04. The highest BCUT2D eigenvalue weighted by atomic mass is 35.5. The summed E-state index contributed by atoms with van der Waals surface area (Å²) in [6, 6.07) is 13.7. The number of rotatable bonds is 5. The van der Waals surface area contributed by atoms with Crippen LogP contribution in [0, 0.1) is 0 Å². The van der Waals surface area contributed by atoms with Crippen molar-refractivity contribution >= 4 is 23.2 Å². The van der Waals surface area contributed by atoms with E-state index < -0.39 is 0 Å². The van der Waals surface area contributed by atoms with Gasteiger partial charge in [0.05, 0.1) is 0 Å². The summed E-state index contributed by atoms with van der Waals surface area (Å²) in [7, 11) is 0. The van der Waals surface area contributed by atoms with E-state index in [9.17, 15) is 0 Å². The van der Waals surface area contributed by atoms with E-state index in [1.165, 1.54) is 12.8 Å². The number of benzene rings is 2. The predicted molar refractivity (Wildman–Crippen MR) is 82.8 cm³/mol. The minimum Gasteiger partial charge on any atom is -0.457 e. The summed E-state index contributed by atoms with van der Waals surface area (Å²) < 4.78 is 5.91. The molecule has 1 aliphatic carbocycles. The molecule has 0 aromatic heterocycles. The lowest BCUT2D eigenvalue weighted by Crippen LogP contribution is -2.16. The molecule has 1 saturated carbocycles. The molecule has 0 spiro atoms. The lowest BCUT2D eigenvalue weighted by Gasteiger charge is -2.13. The minimum atomic E-state index is 0.634. The van der Waals surface area contributed by atoms with E-state index in [1.807, 2.05) is 42.5 Å². The summed E-state index contributed by atoms with van der Waals surface area (Å²) >= 11 is 12.2. The second-order valence-electron chi connectivity index (χ2n) is 4.93. The van der Waals surface area contributed by atoms with E-state index in [4.69, 9.17) is 27.9 Å². The molecule has 2 nitrogen and oxygen atoms in total. The normalized spacial score (nSPS) is 14.3. The second-order valence-corrected chi connectivity index (χ2v) is 5.77. The van der Waals surface area contributed by atoms with E-state index in [1.54, 1.807) is 0 Å². The molecule has 0 heterocycles. The monoisotopic (exact) mass is 307 g/mol. The van der Waals surface area contributed by atoms with Gasteiger partial charge in [-0.25, -0.2) is 0 Å². The third-order valence-electron chi connectivity index (χ3n) is 3.26. The maximum absolute atomic E-state index is 6.28. The zero-order valence-electron chi connectivity index (χ0n) is 10.9. The Labute approximate surface area is 128 Å². The molecule has 0 radical (unpaired) electrons. The van der Waals surface area contributed by atoms with Crippen molar-refractivity contribution in [2.75, 3.05) is 0 Å². The van der Waals surface area contributed by atoms with Crippen LogP contribution in [-0.4, -0.2) is 6.04 Å². The third kappa shape index (κ3) is 3.45. The topological polar surface area (TPSA) is 21.3 Å². The van der Waals surface area contributed by atoms with Gasteiger partial charge in [0.2, 0.25) is 0 Å². The van der Waals surface area contributed by atoms with E-state index in [-0.39, 0.29) is 0 Å². The van der Waals surface area contributed by atoms with Crippen molar-refractivity contribution < 1.29 is 4.74 Å². The first-order valence-electron chi connectivity index (χ1n) is 6.66. The maximum atomic E-state index is 6.28. The summed E-state index contributed by atoms with van der Waals surface area (Å²) in [6.07, 6.45) is 2.50. The van der Waals surface area contributed by atoms with Crippen LogP contribution in [-0.2, 0) is 6.54 Å². The van der Waals surface area contributed by atoms with Crippen molar-refractivity contribution in [3.05, 3.63) is 58.1 Å². The number of halogens is 2. The van der Waals surface area contributed by atoms with Gasteiger partial charge in [-0.05, 0) is 49.2 Å². The van der Waals surface area contributed by atoms with Crippen LogP contribution in [0.2, 0.25) is 10.0 Å². The Bertz CT molecular complexity index is 594. The Kier molecular flexibility index (Phi) is 4.16. The van der Waals surface area contributed by atoms with E-state index in [0.717, 1.165) is 28.6 Å². The molecule has 0 aliphatic heterocycles. The number of ether oxygens (including phenoxy) is 1. The quantitative estimate of drug-likeness (QED) is 0.835. The maximum Gasteiger partial charge on any atom is 0.133 e. The van der Waals surface area contributed by atoms with Crippen LogP contribution in [0.15, 0.2) is 42.5 Å². The van der Waals surface area contributed by atoms with Gasteiger partial charge in [0, 0.05) is 28.2 Å². The molecule has 2 aromatic carbocycles. The highest BCUT2D eigenvalue weighted by Gasteiger charge is 2.21. The summed E-state index contributed by atoms with van der Waals surface area (Å²) in [6.45, 7) is 0.729. The highest BCUT2D eigenvalue weighted by molar-refractivity contribution is 6.31. The standard InChI is InChI=1S/C16H15Cl2NO/c17-11-4-8-13(9-5-11)20-16-3-1-2-15(18)14(16)10-19-12-6-7-12/h1-5,8-9,12,19H,6-7,10H2. The molecular formula is C16H15Cl2NO. The van der Waals surface area contributed by atoms with Crippen molar-refractivity contribution in [2.24, 2.45) is 0 Å².